The molecule has 1 aliphatic carbocycles. The molecular formula is C16H27NOS. The summed E-state index contributed by atoms with van der Waals surface area (Å²) in [6, 6.07) is 4.81. The molecule has 0 saturated heterocycles. The Labute approximate surface area is 121 Å². The third-order valence-corrected chi connectivity index (χ3v) is 5.48. The zero-order chi connectivity index (χ0) is 13.9. The van der Waals surface area contributed by atoms with Crippen LogP contribution in [0.5, 0.6) is 0 Å². The van der Waals surface area contributed by atoms with Crippen molar-refractivity contribution >= 4 is 11.3 Å². The minimum atomic E-state index is -0.00664. The summed E-state index contributed by atoms with van der Waals surface area (Å²) in [6.07, 6.45) is 4.90. The standard InChI is InChI=1S/C16H27NOS/c1-5-18-16(10-8-12(2)9-11-16)15(17-4)14-7-6-13(3)19-14/h6-7,12,15,17H,5,8-11H2,1-4H3. The summed E-state index contributed by atoms with van der Waals surface area (Å²) in [5, 5.41) is 3.53. The molecule has 2 nitrogen and oxygen atoms in total. The van der Waals surface area contributed by atoms with Crippen molar-refractivity contribution in [3.8, 4) is 0 Å². The van der Waals surface area contributed by atoms with Crippen LogP contribution < -0.4 is 5.32 Å². The molecule has 0 spiro atoms. The Morgan fingerprint density at radius 3 is 2.58 bits per heavy atom. The molecule has 0 amide bonds. The van der Waals surface area contributed by atoms with E-state index in [1.165, 1.54) is 35.4 Å². The molecule has 1 aromatic rings. The molecule has 0 bridgehead atoms. The third kappa shape index (κ3) is 3.21. The molecule has 3 heteroatoms. The molecule has 1 unspecified atom stereocenters. The van der Waals surface area contributed by atoms with Crippen molar-refractivity contribution in [3.63, 3.8) is 0 Å². The van der Waals surface area contributed by atoms with E-state index >= 15 is 0 Å². The maximum Gasteiger partial charge on any atom is 0.0884 e. The highest BCUT2D eigenvalue weighted by Gasteiger charge is 2.42. The predicted molar refractivity (Wildman–Crippen MR) is 82.8 cm³/mol. The van der Waals surface area contributed by atoms with Crippen LogP contribution >= 0.6 is 11.3 Å². The van der Waals surface area contributed by atoms with Crippen LogP contribution in [0.4, 0.5) is 0 Å². The van der Waals surface area contributed by atoms with Crippen LogP contribution in [0.25, 0.3) is 0 Å². The minimum Gasteiger partial charge on any atom is -0.373 e. The maximum absolute atomic E-state index is 6.28. The second-order valence-corrected chi connectivity index (χ2v) is 7.17. The highest BCUT2D eigenvalue weighted by atomic mass is 32.1. The van der Waals surface area contributed by atoms with Gasteiger partial charge in [-0.2, -0.15) is 0 Å². The van der Waals surface area contributed by atoms with Crippen LogP contribution in [0, 0.1) is 12.8 Å². The van der Waals surface area contributed by atoms with E-state index in [1.807, 2.05) is 11.3 Å². The molecule has 0 radical (unpaired) electrons. The normalized spacial score (nSPS) is 29.4. The summed E-state index contributed by atoms with van der Waals surface area (Å²) in [7, 11) is 2.07. The van der Waals surface area contributed by atoms with Gasteiger partial charge in [-0.15, -0.1) is 11.3 Å². The van der Waals surface area contributed by atoms with E-state index in [2.05, 4.69) is 45.3 Å². The molecule has 0 aromatic carbocycles. The average Bonchev–Trinajstić information content (AvgIpc) is 2.81. The van der Waals surface area contributed by atoms with E-state index in [-0.39, 0.29) is 5.60 Å². The number of ether oxygens (including phenoxy) is 1. The van der Waals surface area contributed by atoms with Crippen molar-refractivity contribution < 1.29 is 4.74 Å². The zero-order valence-corrected chi connectivity index (χ0v) is 13.5. The first-order chi connectivity index (χ1) is 9.11. The quantitative estimate of drug-likeness (QED) is 0.868. The first-order valence-electron chi connectivity index (χ1n) is 7.49. The van der Waals surface area contributed by atoms with Crippen molar-refractivity contribution in [1.29, 1.82) is 0 Å². The summed E-state index contributed by atoms with van der Waals surface area (Å²) in [5.41, 5.74) is -0.00664. The van der Waals surface area contributed by atoms with Gasteiger partial charge in [0.2, 0.25) is 0 Å². The molecule has 1 aliphatic rings. The van der Waals surface area contributed by atoms with Gasteiger partial charge in [-0.05, 0) is 64.6 Å². The average molecular weight is 281 g/mol. The van der Waals surface area contributed by atoms with Crippen LogP contribution in [0.15, 0.2) is 12.1 Å². The SMILES string of the molecule is CCOC1(C(NC)c2ccc(C)s2)CCC(C)CC1. The smallest absolute Gasteiger partial charge is 0.0884 e. The van der Waals surface area contributed by atoms with E-state index in [4.69, 9.17) is 4.74 Å². The maximum atomic E-state index is 6.28. The van der Waals surface area contributed by atoms with Gasteiger partial charge in [-0.3, -0.25) is 0 Å². The van der Waals surface area contributed by atoms with Crippen molar-refractivity contribution in [3.05, 3.63) is 21.9 Å². The van der Waals surface area contributed by atoms with Crippen molar-refractivity contribution in [2.24, 2.45) is 5.92 Å². The molecular weight excluding hydrogens is 254 g/mol. The van der Waals surface area contributed by atoms with Gasteiger partial charge in [-0.1, -0.05) is 6.92 Å². The Bertz CT molecular complexity index is 393. The predicted octanol–water partition coefficient (Wildman–Crippen LogP) is 4.30. The van der Waals surface area contributed by atoms with Crippen LogP contribution in [0.3, 0.4) is 0 Å². The van der Waals surface area contributed by atoms with Gasteiger partial charge in [0.15, 0.2) is 0 Å². The summed E-state index contributed by atoms with van der Waals surface area (Å²) in [4.78, 5) is 2.80. The second-order valence-electron chi connectivity index (χ2n) is 5.85. The van der Waals surface area contributed by atoms with Gasteiger partial charge in [0, 0.05) is 16.4 Å². The third-order valence-electron chi connectivity index (χ3n) is 4.41. The number of aryl methyl sites for hydroxylation is 1. The summed E-state index contributed by atoms with van der Waals surface area (Å²) >= 11 is 1.90. The Morgan fingerprint density at radius 1 is 1.42 bits per heavy atom. The largest absolute Gasteiger partial charge is 0.373 e. The van der Waals surface area contributed by atoms with E-state index in [9.17, 15) is 0 Å². The molecule has 19 heavy (non-hydrogen) atoms. The molecule has 108 valence electrons. The molecule has 1 heterocycles. The first-order valence-corrected chi connectivity index (χ1v) is 8.30. The van der Waals surface area contributed by atoms with Crippen molar-refractivity contribution in [2.75, 3.05) is 13.7 Å². The molecule has 1 fully saturated rings. The van der Waals surface area contributed by atoms with Crippen LogP contribution in [0.1, 0.15) is 55.3 Å². The Balaban J connectivity index is 2.25. The molecule has 1 aromatic heterocycles. The Morgan fingerprint density at radius 2 is 2.11 bits per heavy atom. The van der Waals surface area contributed by atoms with Gasteiger partial charge >= 0.3 is 0 Å². The van der Waals surface area contributed by atoms with E-state index < -0.39 is 0 Å². The number of hydrogen-bond acceptors (Lipinski definition) is 3. The first kappa shape index (κ1) is 15.0. The number of thiophene rings is 1. The van der Waals surface area contributed by atoms with Crippen LogP contribution in [-0.4, -0.2) is 19.3 Å². The summed E-state index contributed by atoms with van der Waals surface area (Å²) in [5.74, 6) is 0.844. The van der Waals surface area contributed by atoms with Gasteiger partial charge in [0.25, 0.3) is 0 Å². The van der Waals surface area contributed by atoms with E-state index in [0.29, 0.717) is 6.04 Å². The highest BCUT2D eigenvalue weighted by Crippen LogP contribution is 2.44. The van der Waals surface area contributed by atoms with Crippen LogP contribution in [0.2, 0.25) is 0 Å². The number of likely N-dealkylation sites (N-methyl/N-ethyl adjacent to an activating group) is 1. The van der Waals surface area contributed by atoms with Crippen LogP contribution in [-0.2, 0) is 4.74 Å². The summed E-state index contributed by atoms with van der Waals surface area (Å²) < 4.78 is 6.28. The van der Waals surface area contributed by atoms with E-state index in [1.54, 1.807) is 0 Å². The van der Waals surface area contributed by atoms with Crippen molar-refractivity contribution in [1.82, 2.24) is 5.32 Å². The number of rotatable bonds is 5. The lowest BCUT2D eigenvalue weighted by Crippen LogP contribution is -2.47. The fourth-order valence-corrected chi connectivity index (χ4v) is 4.42. The van der Waals surface area contributed by atoms with Gasteiger partial charge in [0.05, 0.1) is 11.6 Å². The molecule has 1 saturated carbocycles. The molecule has 1 atom stereocenters. The Kier molecular flexibility index (Phi) is 5.04. The van der Waals surface area contributed by atoms with Crippen molar-refractivity contribution in [2.45, 2.75) is 58.1 Å². The monoisotopic (exact) mass is 281 g/mol. The summed E-state index contributed by atoms with van der Waals surface area (Å²) in [6.45, 7) is 7.46. The zero-order valence-electron chi connectivity index (χ0n) is 12.7. The van der Waals surface area contributed by atoms with Gasteiger partial charge in [0.1, 0.15) is 0 Å². The highest BCUT2D eigenvalue weighted by molar-refractivity contribution is 7.12. The Hall–Kier alpha value is -0.380. The second kappa shape index (κ2) is 6.38. The fraction of sp³-hybridized carbons (Fsp3) is 0.750. The van der Waals surface area contributed by atoms with Gasteiger partial charge < -0.3 is 10.1 Å². The lowest BCUT2D eigenvalue weighted by molar-refractivity contribution is -0.0955. The molecule has 2 rings (SSSR count). The number of nitrogens with one attached hydrogen (secondary N) is 1. The lowest BCUT2D eigenvalue weighted by Gasteiger charge is -2.44. The van der Waals surface area contributed by atoms with E-state index in [0.717, 1.165) is 12.5 Å². The van der Waals surface area contributed by atoms with Gasteiger partial charge in [-0.25, -0.2) is 0 Å². The molecule has 0 aliphatic heterocycles. The minimum absolute atomic E-state index is 0.00664. The molecule has 1 N–H and O–H groups in total. The number of hydrogen-bond donors (Lipinski definition) is 1. The lowest BCUT2D eigenvalue weighted by atomic mass is 9.75. The fourth-order valence-electron chi connectivity index (χ4n) is 3.33. The topological polar surface area (TPSA) is 21.3 Å².